The molecule has 0 bridgehead atoms. The third-order valence-electron chi connectivity index (χ3n) is 8.81. The van der Waals surface area contributed by atoms with Crippen LogP contribution in [0, 0.1) is 12.3 Å². The molecule has 44 heavy (non-hydrogen) atoms. The van der Waals surface area contributed by atoms with Crippen molar-refractivity contribution in [1.82, 2.24) is 4.98 Å². The van der Waals surface area contributed by atoms with Gasteiger partial charge in [-0.3, -0.25) is 9.59 Å². The standard InChI is InChI=1S/C38H34ClN3O2/c1-23-12-14-24(15-13-23)22-42-31-11-7-5-9-28(31)34(37(42)44)33-27-8-4-6-10-29(27)41-36(33)35-30(20-38(2,3)21-32(35)43)40-26-18-16-25(39)17-19-26/h4-19,34,40-41H,20-22H2,1-3H3. The summed E-state index contributed by atoms with van der Waals surface area (Å²) in [7, 11) is 0. The lowest BCUT2D eigenvalue weighted by Gasteiger charge is -2.33. The van der Waals surface area contributed by atoms with Crippen molar-refractivity contribution >= 4 is 51.1 Å². The monoisotopic (exact) mass is 599 g/mol. The van der Waals surface area contributed by atoms with Crippen LogP contribution in [0.2, 0.25) is 5.02 Å². The molecule has 1 aromatic heterocycles. The number of anilines is 2. The number of nitrogens with one attached hydrogen (secondary N) is 2. The van der Waals surface area contributed by atoms with Crippen molar-refractivity contribution in [3.8, 4) is 0 Å². The van der Waals surface area contributed by atoms with Crippen LogP contribution >= 0.6 is 11.6 Å². The lowest BCUT2D eigenvalue weighted by molar-refractivity contribution is -0.119. The topological polar surface area (TPSA) is 65.2 Å². The molecule has 2 aliphatic rings. The maximum atomic E-state index is 14.6. The zero-order chi connectivity index (χ0) is 30.6. The molecule has 4 aromatic carbocycles. The molecule has 0 spiro atoms. The average Bonchev–Trinajstić information content (AvgIpc) is 3.48. The second kappa shape index (κ2) is 10.8. The van der Waals surface area contributed by atoms with E-state index in [1.54, 1.807) is 0 Å². The van der Waals surface area contributed by atoms with Crippen LogP contribution in [-0.2, 0) is 16.1 Å². The number of carbonyl (C=O) groups excluding carboxylic acids is 2. The minimum absolute atomic E-state index is 0.00850. The first kappa shape index (κ1) is 28.2. The number of amides is 1. The molecule has 0 fully saturated rings. The molecular formula is C38H34ClN3O2. The lowest BCUT2D eigenvalue weighted by atomic mass is 9.74. The first-order valence-corrected chi connectivity index (χ1v) is 15.4. The Kier molecular flexibility index (Phi) is 6.94. The average molecular weight is 600 g/mol. The molecule has 5 nitrogen and oxygen atoms in total. The van der Waals surface area contributed by atoms with Crippen molar-refractivity contribution in [2.24, 2.45) is 5.41 Å². The molecule has 1 aliphatic heterocycles. The normalized spacial score (nSPS) is 17.8. The number of aryl methyl sites for hydroxylation is 1. The highest BCUT2D eigenvalue weighted by Gasteiger charge is 2.43. The zero-order valence-electron chi connectivity index (χ0n) is 25.1. The molecule has 2 N–H and O–H groups in total. The summed E-state index contributed by atoms with van der Waals surface area (Å²) < 4.78 is 0. The number of halogens is 1. The van der Waals surface area contributed by atoms with Gasteiger partial charge < -0.3 is 15.2 Å². The van der Waals surface area contributed by atoms with E-state index in [0.717, 1.165) is 44.7 Å². The minimum Gasteiger partial charge on any atom is -0.358 e. The van der Waals surface area contributed by atoms with E-state index in [1.807, 2.05) is 77.7 Å². The lowest BCUT2D eigenvalue weighted by Crippen LogP contribution is -2.30. The van der Waals surface area contributed by atoms with Crippen LogP contribution in [0.15, 0.2) is 103 Å². The summed E-state index contributed by atoms with van der Waals surface area (Å²) in [6.45, 7) is 6.78. The highest BCUT2D eigenvalue weighted by Crippen LogP contribution is 2.49. The van der Waals surface area contributed by atoms with Crippen molar-refractivity contribution in [1.29, 1.82) is 0 Å². The Balaban J connectivity index is 1.41. The van der Waals surface area contributed by atoms with Crippen LogP contribution in [0.25, 0.3) is 16.5 Å². The van der Waals surface area contributed by atoms with Crippen LogP contribution in [0.1, 0.15) is 60.6 Å². The first-order chi connectivity index (χ1) is 21.2. The molecule has 0 saturated carbocycles. The van der Waals surface area contributed by atoms with Gasteiger partial charge in [0.05, 0.1) is 23.7 Å². The molecule has 0 radical (unpaired) electrons. The Hall–Kier alpha value is -4.61. The van der Waals surface area contributed by atoms with Gasteiger partial charge in [0, 0.05) is 45.0 Å². The van der Waals surface area contributed by atoms with Gasteiger partial charge in [-0.15, -0.1) is 0 Å². The molecular weight excluding hydrogens is 566 g/mol. The predicted octanol–water partition coefficient (Wildman–Crippen LogP) is 9.02. The summed E-state index contributed by atoms with van der Waals surface area (Å²) in [5.74, 6) is -0.496. The largest absolute Gasteiger partial charge is 0.358 e. The number of Topliss-reactive ketones (excluding diaryl/α,β-unsaturated/α-hetero) is 1. The van der Waals surface area contributed by atoms with Gasteiger partial charge in [0.1, 0.15) is 0 Å². The maximum absolute atomic E-state index is 14.6. The van der Waals surface area contributed by atoms with E-state index in [2.05, 4.69) is 55.3 Å². The molecule has 220 valence electrons. The molecule has 1 atom stereocenters. The van der Waals surface area contributed by atoms with Gasteiger partial charge in [0.15, 0.2) is 5.78 Å². The van der Waals surface area contributed by atoms with Crippen molar-refractivity contribution in [3.63, 3.8) is 0 Å². The highest BCUT2D eigenvalue weighted by atomic mass is 35.5. The van der Waals surface area contributed by atoms with Gasteiger partial charge in [-0.05, 0) is 66.3 Å². The number of hydrogen-bond acceptors (Lipinski definition) is 3. The second-order valence-corrected chi connectivity index (χ2v) is 13.2. The third kappa shape index (κ3) is 5.01. The summed E-state index contributed by atoms with van der Waals surface area (Å²) >= 11 is 6.18. The van der Waals surface area contributed by atoms with E-state index >= 15 is 0 Å². The van der Waals surface area contributed by atoms with Crippen LogP contribution in [0.5, 0.6) is 0 Å². The van der Waals surface area contributed by atoms with Crippen molar-refractivity contribution < 1.29 is 9.59 Å². The summed E-state index contributed by atoms with van der Waals surface area (Å²) in [4.78, 5) is 34.2. The number of carbonyl (C=O) groups is 2. The van der Waals surface area contributed by atoms with E-state index in [0.29, 0.717) is 35.7 Å². The summed E-state index contributed by atoms with van der Waals surface area (Å²) in [6, 6.07) is 31.9. The highest BCUT2D eigenvalue weighted by molar-refractivity contribution is 6.30. The summed E-state index contributed by atoms with van der Waals surface area (Å²) in [6.07, 6.45) is 1.10. The van der Waals surface area contributed by atoms with Crippen LogP contribution in [0.3, 0.4) is 0 Å². The summed E-state index contributed by atoms with van der Waals surface area (Å²) in [5, 5.41) is 5.16. The number of aromatic nitrogens is 1. The third-order valence-corrected chi connectivity index (χ3v) is 9.06. The fourth-order valence-corrected chi connectivity index (χ4v) is 6.92. The maximum Gasteiger partial charge on any atom is 0.239 e. The number of rotatable bonds is 6. The van der Waals surface area contributed by atoms with Crippen LogP contribution in [0.4, 0.5) is 11.4 Å². The number of aromatic amines is 1. The molecule has 1 unspecified atom stereocenters. The SMILES string of the molecule is Cc1ccc(CN2C(=O)C(c3c(C4=C(Nc5ccc(Cl)cc5)CC(C)(C)CC4=O)[nH]c4ccccc34)c3ccccc32)cc1. The minimum atomic E-state index is -0.560. The van der Waals surface area contributed by atoms with Gasteiger partial charge >= 0.3 is 0 Å². The molecule has 1 aliphatic carbocycles. The second-order valence-electron chi connectivity index (χ2n) is 12.8. The Morgan fingerprint density at radius 3 is 2.36 bits per heavy atom. The van der Waals surface area contributed by atoms with Gasteiger partial charge in [-0.2, -0.15) is 0 Å². The summed E-state index contributed by atoms with van der Waals surface area (Å²) in [5.41, 5.74) is 8.67. The van der Waals surface area contributed by atoms with Crippen molar-refractivity contribution in [3.05, 3.63) is 136 Å². The van der Waals surface area contributed by atoms with Crippen molar-refractivity contribution in [2.45, 2.75) is 46.1 Å². The van der Waals surface area contributed by atoms with Crippen LogP contribution in [-0.4, -0.2) is 16.7 Å². The number of fused-ring (bicyclic) bond motifs is 2. The molecule has 7 rings (SSSR count). The van der Waals surface area contributed by atoms with Gasteiger partial charge in [0.2, 0.25) is 5.91 Å². The zero-order valence-corrected chi connectivity index (χ0v) is 25.8. The van der Waals surface area contributed by atoms with Gasteiger partial charge in [-0.1, -0.05) is 91.7 Å². The van der Waals surface area contributed by atoms with E-state index < -0.39 is 5.92 Å². The van der Waals surface area contributed by atoms with Crippen LogP contribution < -0.4 is 10.2 Å². The molecule has 1 amide bonds. The fraction of sp³-hybridized carbons (Fsp3) is 0.211. The predicted molar refractivity (Wildman–Crippen MR) is 179 cm³/mol. The number of hydrogen-bond donors (Lipinski definition) is 2. The Morgan fingerprint density at radius 1 is 0.886 bits per heavy atom. The Bertz CT molecular complexity index is 1950. The number of benzene rings is 4. The van der Waals surface area contributed by atoms with E-state index in [9.17, 15) is 9.59 Å². The van der Waals surface area contributed by atoms with Gasteiger partial charge in [-0.25, -0.2) is 0 Å². The fourth-order valence-electron chi connectivity index (χ4n) is 6.79. The first-order valence-electron chi connectivity index (χ1n) is 15.0. The van der Waals surface area contributed by atoms with Crippen molar-refractivity contribution in [2.75, 3.05) is 10.2 Å². The van der Waals surface area contributed by atoms with Gasteiger partial charge in [0.25, 0.3) is 0 Å². The van der Waals surface area contributed by atoms with E-state index in [1.165, 1.54) is 5.56 Å². The molecule has 2 heterocycles. The Labute approximate surface area is 262 Å². The number of H-pyrrole nitrogens is 1. The molecule has 6 heteroatoms. The Morgan fingerprint density at radius 2 is 1.59 bits per heavy atom. The number of allylic oxidation sites excluding steroid dienone is 2. The smallest absolute Gasteiger partial charge is 0.239 e. The number of ketones is 1. The quantitative estimate of drug-likeness (QED) is 0.205. The molecule has 0 saturated heterocycles. The number of nitrogens with zero attached hydrogens (tertiary/aromatic N) is 1. The number of para-hydroxylation sites is 2. The van der Waals surface area contributed by atoms with E-state index in [4.69, 9.17) is 11.6 Å². The van der Waals surface area contributed by atoms with E-state index in [-0.39, 0.29) is 17.1 Å². The molecule has 5 aromatic rings.